The van der Waals surface area contributed by atoms with Crippen LogP contribution in [0.5, 0.6) is 5.75 Å². The third-order valence-electron chi connectivity index (χ3n) is 8.43. The molecule has 3 aromatic heterocycles. The second kappa shape index (κ2) is 11.2. The van der Waals surface area contributed by atoms with Crippen molar-refractivity contribution < 1.29 is 23.8 Å². The molecule has 0 radical (unpaired) electrons. The molecule has 44 heavy (non-hydrogen) atoms. The average molecular weight is 620 g/mol. The van der Waals surface area contributed by atoms with Crippen molar-refractivity contribution in [1.82, 2.24) is 30.0 Å². The molecule has 232 valence electrons. The van der Waals surface area contributed by atoms with Gasteiger partial charge in [0.1, 0.15) is 34.4 Å². The molecule has 0 bridgehead atoms. The van der Waals surface area contributed by atoms with E-state index >= 15 is 0 Å². The number of hydrogen-bond acceptors (Lipinski definition) is 10. The second-order valence-corrected chi connectivity index (χ2v) is 13.9. The van der Waals surface area contributed by atoms with Gasteiger partial charge in [-0.05, 0) is 58.6 Å². The highest BCUT2D eigenvalue weighted by molar-refractivity contribution is 7.19. The molecule has 1 aromatic carbocycles. The SMILES string of the molecule is CC1COCCN1C(=O)C1CCc2c(sc3ncnc(Nc4cc5cn[nH]c5cc4OC4CN(C(=O)OC(C)(C)C)C4)c23)C1. The van der Waals surface area contributed by atoms with Gasteiger partial charge in [-0.1, -0.05) is 0 Å². The number of ether oxygens (including phenoxy) is 3. The Kier molecular flexibility index (Phi) is 7.32. The zero-order valence-corrected chi connectivity index (χ0v) is 26.2. The van der Waals surface area contributed by atoms with Crippen LogP contribution in [0.3, 0.4) is 0 Å². The number of benzene rings is 1. The number of aromatic amines is 1. The van der Waals surface area contributed by atoms with Crippen molar-refractivity contribution in [3.05, 3.63) is 35.1 Å². The quantitative estimate of drug-likeness (QED) is 0.327. The highest BCUT2D eigenvalue weighted by Gasteiger charge is 2.36. The molecule has 12 nitrogen and oxygen atoms in total. The molecule has 5 heterocycles. The van der Waals surface area contributed by atoms with Gasteiger partial charge in [0, 0.05) is 28.8 Å². The number of hydrogen-bond donors (Lipinski definition) is 2. The maximum atomic E-state index is 13.4. The van der Waals surface area contributed by atoms with Crippen LogP contribution in [0.15, 0.2) is 24.7 Å². The number of rotatable bonds is 5. The molecule has 4 aromatic rings. The number of anilines is 2. The van der Waals surface area contributed by atoms with Gasteiger partial charge in [0.15, 0.2) is 0 Å². The molecule has 1 aliphatic carbocycles. The summed E-state index contributed by atoms with van der Waals surface area (Å²) in [5.41, 5.74) is 2.26. The second-order valence-electron chi connectivity index (χ2n) is 12.9. The van der Waals surface area contributed by atoms with Crippen LogP contribution in [0.2, 0.25) is 0 Å². The summed E-state index contributed by atoms with van der Waals surface area (Å²) in [4.78, 5) is 40.9. The van der Waals surface area contributed by atoms with Crippen molar-refractivity contribution in [2.24, 2.45) is 5.92 Å². The van der Waals surface area contributed by atoms with Crippen molar-refractivity contribution in [3.63, 3.8) is 0 Å². The van der Waals surface area contributed by atoms with Crippen LogP contribution in [0.1, 0.15) is 44.6 Å². The number of carbonyl (C=O) groups is 2. The fraction of sp³-hybridized carbons (Fsp3) is 0.516. The lowest BCUT2D eigenvalue weighted by Crippen LogP contribution is -2.57. The van der Waals surface area contributed by atoms with Crippen LogP contribution in [0.4, 0.5) is 16.3 Å². The molecule has 2 aliphatic heterocycles. The Bertz CT molecular complexity index is 1720. The van der Waals surface area contributed by atoms with E-state index in [1.165, 1.54) is 10.4 Å². The number of nitrogens with zero attached hydrogens (tertiary/aromatic N) is 5. The van der Waals surface area contributed by atoms with E-state index in [-0.39, 0.29) is 30.1 Å². The molecule has 2 fully saturated rings. The Morgan fingerprint density at radius 1 is 1.20 bits per heavy atom. The summed E-state index contributed by atoms with van der Waals surface area (Å²) in [6.45, 7) is 10.3. The first-order valence-corrected chi connectivity index (χ1v) is 16.0. The third-order valence-corrected chi connectivity index (χ3v) is 9.59. The molecule has 13 heteroatoms. The number of aromatic nitrogens is 4. The Labute approximate surface area is 259 Å². The van der Waals surface area contributed by atoms with Crippen LogP contribution >= 0.6 is 11.3 Å². The van der Waals surface area contributed by atoms with Crippen molar-refractivity contribution in [3.8, 4) is 5.75 Å². The number of aryl methyl sites for hydroxylation is 1. The molecule has 2 saturated heterocycles. The standard InChI is InChI=1S/C31H37N7O5S/c1-17-15-41-8-7-38(17)29(39)18-5-6-21-25(10-18)44-28-26(21)27(32-16-33-28)35-23-9-19-12-34-36-22(19)11-24(23)42-20-13-37(14-20)30(40)43-31(2,3)4/h9,11-12,16-18,20H,5-8,10,13-15H2,1-4H3,(H,34,36)(H,32,33,35). The Morgan fingerprint density at radius 2 is 2.05 bits per heavy atom. The molecule has 2 N–H and O–H groups in total. The topological polar surface area (TPSA) is 135 Å². The minimum atomic E-state index is -0.548. The molecular weight excluding hydrogens is 582 g/mol. The van der Waals surface area contributed by atoms with Crippen molar-refractivity contribution in [2.75, 3.05) is 38.2 Å². The zero-order valence-electron chi connectivity index (χ0n) is 25.4. The predicted octanol–water partition coefficient (Wildman–Crippen LogP) is 4.66. The molecule has 2 atom stereocenters. The summed E-state index contributed by atoms with van der Waals surface area (Å²) in [6.07, 6.45) is 5.13. The Morgan fingerprint density at radius 3 is 2.84 bits per heavy atom. The smallest absolute Gasteiger partial charge is 0.410 e. The first kappa shape index (κ1) is 28.8. The summed E-state index contributed by atoms with van der Waals surface area (Å²) in [6, 6.07) is 4.01. The summed E-state index contributed by atoms with van der Waals surface area (Å²) in [7, 11) is 0. The van der Waals surface area contributed by atoms with Gasteiger partial charge < -0.3 is 29.3 Å². The van der Waals surface area contributed by atoms with Gasteiger partial charge in [-0.3, -0.25) is 9.89 Å². The van der Waals surface area contributed by atoms with E-state index in [0.29, 0.717) is 50.8 Å². The van der Waals surface area contributed by atoms with E-state index in [4.69, 9.17) is 14.2 Å². The van der Waals surface area contributed by atoms with Crippen LogP contribution < -0.4 is 10.1 Å². The van der Waals surface area contributed by atoms with Crippen molar-refractivity contribution in [1.29, 1.82) is 0 Å². The number of likely N-dealkylation sites (tertiary alicyclic amines) is 1. The molecule has 0 saturated carbocycles. The van der Waals surface area contributed by atoms with Gasteiger partial charge >= 0.3 is 6.09 Å². The van der Waals surface area contributed by atoms with Crippen LogP contribution in [-0.2, 0) is 27.1 Å². The van der Waals surface area contributed by atoms with Crippen LogP contribution in [0.25, 0.3) is 21.1 Å². The molecule has 0 spiro atoms. The first-order valence-electron chi connectivity index (χ1n) is 15.1. The summed E-state index contributed by atoms with van der Waals surface area (Å²) >= 11 is 1.65. The average Bonchev–Trinajstić information content (AvgIpc) is 3.57. The van der Waals surface area contributed by atoms with E-state index in [1.54, 1.807) is 28.8 Å². The normalized spacial score (nSPS) is 20.8. The van der Waals surface area contributed by atoms with Gasteiger partial charge in [0.25, 0.3) is 0 Å². The third kappa shape index (κ3) is 5.54. The molecule has 2 amide bonds. The minimum Gasteiger partial charge on any atom is -0.484 e. The predicted molar refractivity (Wildman–Crippen MR) is 167 cm³/mol. The summed E-state index contributed by atoms with van der Waals surface area (Å²) in [5, 5.41) is 12.7. The van der Waals surface area contributed by atoms with Crippen LogP contribution in [0, 0.1) is 5.92 Å². The maximum Gasteiger partial charge on any atom is 0.410 e. The molecule has 7 rings (SSSR count). The van der Waals surface area contributed by atoms with Gasteiger partial charge in [-0.2, -0.15) is 5.10 Å². The van der Waals surface area contributed by atoms with Gasteiger partial charge in [-0.25, -0.2) is 14.8 Å². The van der Waals surface area contributed by atoms with Crippen molar-refractivity contribution in [2.45, 2.75) is 64.7 Å². The molecule has 2 unspecified atom stereocenters. The lowest BCUT2D eigenvalue weighted by molar-refractivity contribution is -0.143. The fourth-order valence-electron chi connectivity index (χ4n) is 6.17. The highest BCUT2D eigenvalue weighted by atomic mass is 32.1. The number of nitrogens with one attached hydrogen (secondary N) is 2. The number of H-pyrrole nitrogens is 1. The number of amides is 2. The van der Waals surface area contributed by atoms with E-state index in [1.807, 2.05) is 37.8 Å². The van der Waals surface area contributed by atoms with Gasteiger partial charge in [0.05, 0.1) is 55.1 Å². The molecule has 3 aliphatic rings. The Hall–Kier alpha value is -3.97. The number of carbonyl (C=O) groups excluding carboxylic acids is 2. The number of morpholine rings is 1. The van der Waals surface area contributed by atoms with E-state index in [9.17, 15) is 9.59 Å². The van der Waals surface area contributed by atoms with E-state index < -0.39 is 5.60 Å². The van der Waals surface area contributed by atoms with Crippen molar-refractivity contribution >= 4 is 56.0 Å². The van der Waals surface area contributed by atoms with E-state index in [2.05, 4.69) is 32.4 Å². The highest BCUT2D eigenvalue weighted by Crippen LogP contribution is 2.42. The lowest BCUT2D eigenvalue weighted by atomic mass is 9.86. The Balaban J connectivity index is 1.12. The minimum absolute atomic E-state index is 0.0355. The zero-order chi connectivity index (χ0) is 30.6. The van der Waals surface area contributed by atoms with E-state index in [0.717, 1.165) is 39.6 Å². The largest absolute Gasteiger partial charge is 0.484 e. The van der Waals surface area contributed by atoms with Crippen LogP contribution in [-0.4, -0.2) is 92.6 Å². The number of fused-ring (bicyclic) bond motifs is 4. The monoisotopic (exact) mass is 619 g/mol. The lowest BCUT2D eigenvalue weighted by Gasteiger charge is -2.39. The summed E-state index contributed by atoms with van der Waals surface area (Å²) < 4.78 is 17.4. The maximum absolute atomic E-state index is 13.4. The van der Waals surface area contributed by atoms with Gasteiger partial charge in [0.2, 0.25) is 5.91 Å². The summed E-state index contributed by atoms with van der Waals surface area (Å²) in [5.74, 6) is 1.53. The first-order chi connectivity index (χ1) is 21.1. The fourth-order valence-corrected chi connectivity index (χ4v) is 7.43. The molecular formula is C31H37N7O5S. The van der Waals surface area contributed by atoms with Gasteiger partial charge in [-0.15, -0.1) is 11.3 Å². The number of thiophene rings is 1.